The number of aliphatic hydroxyl groups excluding tert-OH is 1. The molecule has 10 heteroatoms. The summed E-state index contributed by atoms with van der Waals surface area (Å²) in [4.78, 5) is 36.0. The Bertz CT molecular complexity index is 1080. The van der Waals surface area contributed by atoms with Crippen molar-refractivity contribution in [2.75, 3.05) is 29.0 Å². The number of carbonyl (C=O) groups is 2. The van der Waals surface area contributed by atoms with Gasteiger partial charge in [0.25, 0.3) is 11.8 Å². The number of nitrogens with two attached hydrogens (primary N) is 2. The first-order valence-electron chi connectivity index (χ1n) is 9.11. The Hall–Kier alpha value is -3.24. The summed E-state index contributed by atoms with van der Waals surface area (Å²) in [5.41, 5.74) is 12.7. The molecule has 0 radical (unpaired) electrons. The predicted molar refractivity (Wildman–Crippen MR) is 112 cm³/mol. The molecule has 0 aromatic carbocycles. The highest BCUT2D eigenvalue weighted by Crippen LogP contribution is 2.37. The van der Waals surface area contributed by atoms with Crippen LogP contribution in [0.4, 0.5) is 17.2 Å². The van der Waals surface area contributed by atoms with Gasteiger partial charge >= 0.3 is 0 Å². The van der Waals surface area contributed by atoms with E-state index >= 15 is 0 Å². The topological polar surface area (TPSA) is 147 Å². The third-order valence-electron chi connectivity index (χ3n) is 4.88. The van der Waals surface area contributed by atoms with Gasteiger partial charge in [0.2, 0.25) is 0 Å². The number of amides is 2. The van der Waals surface area contributed by atoms with Gasteiger partial charge in [-0.2, -0.15) is 0 Å². The van der Waals surface area contributed by atoms with Crippen LogP contribution in [0.5, 0.6) is 0 Å². The minimum Gasteiger partial charge on any atom is -0.397 e. The van der Waals surface area contributed by atoms with E-state index < -0.39 is 5.91 Å². The van der Waals surface area contributed by atoms with Gasteiger partial charge in [0.05, 0.1) is 17.4 Å². The summed E-state index contributed by atoms with van der Waals surface area (Å²) in [5, 5.41) is 13.0. The summed E-state index contributed by atoms with van der Waals surface area (Å²) >= 11 is 1.07. The lowest BCUT2D eigenvalue weighted by Gasteiger charge is -2.30. The second-order valence-electron chi connectivity index (χ2n) is 6.83. The average molecular weight is 412 g/mol. The van der Waals surface area contributed by atoms with Crippen molar-refractivity contribution < 1.29 is 14.7 Å². The van der Waals surface area contributed by atoms with Crippen molar-refractivity contribution in [2.45, 2.75) is 18.9 Å². The summed E-state index contributed by atoms with van der Waals surface area (Å²) in [5.74, 6) is -0.433. The summed E-state index contributed by atoms with van der Waals surface area (Å²) in [6, 6.07) is 5.02. The lowest BCUT2D eigenvalue weighted by atomic mass is 10.1. The summed E-state index contributed by atoms with van der Waals surface area (Å²) < 4.78 is 0. The molecule has 3 aromatic rings. The fourth-order valence-electron chi connectivity index (χ4n) is 3.36. The standard InChI is InChI=1S/C19H20N6O3S/c20-15-14-12(18(28)23-10-1-5-22-6-2-10)9-13(25-7-3-11(26)4-8-25)24-19(14)29-16(15)17(21)27/h1-2,5-6,9,11,26H,3-4,7-8,20H2,(H2,21,27)(H,22,23,28). The largest absolute Gasteiger partial charge is 0.397 e. The van der Waals surface area contributed by atoms with Crippen LogP contribution in [0.2, 0.25) is 0 Å². The van der Waals surface area contributed by atoms with Crippen LogP contribution in [-0.4, -0.2) is 46.1 Å². The third kappa shape index (κ3) is 3.71. The minimum absolute atomic E-state index is 0.158. The van der Waals surface area contributed by atoms with Gasteiger partial charge in [-0.3, -0.25) is 14.6 Å². The Kier molecular flexibility index (Phi) is 5.03. The van der Waals surface area contributed by atoms with Crippen molar-refractivity contribution in [3.63, 3.8) is 0 Å². The highest BCUT2D eigenvalue weighted by Gasteiger charge is 2.25. The SMILES string of the molecule is NC(=O)c1sc2nc(N3CCC(O)CC3)cc(C(=O)Nc3ccncc3)c2c1N. The molecule has 1 fully saturated rings. The highest BCUT2D eigenvalue weighted by atomic mass is 32.1. The van der Waals surface area contributed by atoms with Gasteiger partial charge in [-0.15, -0.1) is 11.3 Å². The van der Waals surface area contributed by atoms with E-state index in [1.54, 1.807) is 30.6 Å². The van der Waals surface area contributed by atoms with E-state index in [0.29, 0.717) is 53.2 Å². The van der Waals surface area contributed by atoms with Gasteiger partial charge in [0.1, 0.15) is 15.5 Å². The van der Waals surface area contributed by atoms with Crippen molar-refractivity contribution in [3.05, 3.63) is 41.0 Å². The maximum absolute atomic E-state index is 13.1. The van der Waals surface area contributed by atoms with Crippen LogP contribution >= 0.6 is 11.3 Å². The highest BCUT2D eigenvalue weighted by molar-refractivity contribution is 7.21. The molecule has 0 unspecified atom stereocenters. The number of hydrogen-bond donors (Lipinski definition) is 4. The van der Waals surface area contributed by atoms with Crippen LogP contribution < -0.4 is 21.7 Å². The fraction of sp³-hybridized carbons (Fsp3) is 0.263. The molecule has 4 heterocycles. The molecule has 0 spiro atoms. The van der Waals surface area contributed by atoms with E-state index in [0.717, 1.165) is 11.3 Å². The van der Waals surface area contributed by atoms with Gasteiger partial charge < -0.3 is 26.8 Å². The quantitative estimate of drug-likeness (QED) is 0.508. The van der Waals surface area contributed by atoms with Gasteiger partial charge in [-0.25, -0.2) is 4.98 Å². The molecule has 3 aromatic heterocycles. The summed E-state index contributed by atoms with van der Waals surface area (Å²) in [6.07, 6.45) is 4.07. The molecule has 0 bridgehead atoms. The Morgan fingerprint density at radius 3 is 2.59 bits per heavy atom. The van der Waals surface area contributed by atoms with E-state index in [1.807, 2.05) is 4.90 Å². The van der Waals surface area contributed by atoms with E-state index in [4.69, 9.17) is 11.5 Å². The van der Waals surface area contributed by atoms with Gasteiger partial charge in [-0.1, -0.05) is 0 Å². The average Bonchev–Trinajstić information content (AvgIpc) is 3.05. The molecule has 0 saturated carbocycles. The molecule has 29 heavy (non-hydrogen) atoms. The van der Waals surface area contributed by atoms with Gasteiger partial charge in [-0.05, 0) is 31.0 Å². The lowest BCUT2D eigenvalue weighted by molar-refractivity contribution is 0.100. The van der Waals surface area contributed by atoms with E-state index in [1.165, 1.54) is 0 Å². The van der Waals surface area contributed by atoms with Gasteiger partial charge in [0.15, 0.2) is 0 Å². The zero-order valence-corrected chi connectivity index (χ0v) is 16.3. The molecule has 0 aliphatic carbocycles. The number of fused-ring (bicyclic) bond motifs is 1. The van der Waals surface area contributed by atoms with Crippen LogP contribution in [0.1, 0.15) is 32.9 Å². The first-order valence-corrected chi connectivity index (χ1v) is 9.93. The van der Waals surface area contributed by atoms with E-state index in [-0.39, 0.29) is 22.6 Å². The van der Waals surface area contributed by atoms with Crippen LogP contribution in [0, 0.1) is 0 Å². The fourth-order valence-corrected chi connectivity index (χ4v) is 4.33. The number of aliphatic hydroxyl groups is 1. The number of hydrogen-bond acceptors (Lipinski definition) is 8. The van der Waals surface area contributed by atoms with E-state index in [2.05, 4.69) is 15.3 Å². The number of thiophene rings is 1. The molecule has 2 amide bonds. The van der Waals surface area contributed by atoms with Crippen molar-refractivity contribution in [1.82, 2.24) is 9.97 Å². The monoisotopic (exact) mass is 412 g/mol. The Balaban J connectivity index is 1.81. The van der Waals surface area contributed by atoms with Crippen molar-refractivity contribution in [3.8, 4) is 0 Å². The number of nitrogen functional groups attached to an aromatic ring is 1. The summed E-state index contributed by atoms with van der Waals surface area (Å²) in [6.45, 7) is 1.24. The minimum atomic E-state index is -0.659. The number of piperidine rings is 1. The number of primary amides is 1. The zero-order chi connectivity index (χ0) is 20.5. The Morgan fingerprint density at radius 2 is 1.93 bits per heavy atom. The van der Waals surface area contributed by atoms with Crippen molar-refractivity contribution >= 4 is 50.6 Å². The molecule has 1 saturated heterocycles. The maximum atomic E-state index is 13.1. The molecule has 1 aliphatic rings. The second-order valence-corrected chi connectivity index (χ2v) is 7.82. The number of pyridine rings is 2. The molecule has 1 aliphatic heterocycles. The zero-order valence-electron chi connectivity index (χ0n) is 15.5. The first-order chi connectivity index (χ1) is 13.9. The molecular formula is C19H20N6O3S. The Morgan fingerprint density at radius 1 is 1.24 bits per heavy atom. The lowest BCUT2D eigenvalue weighted by Crippen LogP contribution is -2.36. The summed E-state index contributed by atoms with van der Waals surface area (Å²) in [7, 11) is 0. The smallest absolute Gasteiger partial charge is 0.260 e. The Labute approximate surface area is 170 Å². The number of rotatable bonds is 4. The van der Waals surface area contributed by atoms with Crippen molar-refractivity contribution in [1.29, 1.82) is 0 Å². The first kappa shape index (κ1) is 19.1. The molecular weight excluding hydrogens is 392 g/mol. The molecule has 150 valence electrons. The van der Waals surface area contributed by atoms with Gasteiger partial charge in [0, 0.05) is 36.6 Å². The van der Waals surface area contributed by atoms with E-state index in [9.17, 15) is 14.7 Å². The molecule has 6 N–H and O–H groups in total. The number of anilines is 3. The van der Waals surface area contributed by atoms with Crippen LogP contribution in [0.15, 0.2) is 30.6 Å². The van der Waals surface area contributed by atoms with Crippen LogP contribution in [0.25, 0.3) is 10.2 Å². The maximum Gasteiger partial charge on any atom is 0.260 e. The van der Waals surface area contributed by atoms with Crippen molar-refractivity contribution in [2.24, 2.45) is 5.73 Å². The molecule has 0 atom stereocenters. The molecule has 9 nitrogen and oxygen atoms in total. The van der Waals surface area contributed by atoms with Crippen LogP contribution in [0.3, 0.4) is 0 Å². The molecule has 4 rings (SSSR count). The predicted octanol–water partition coefficient (Wildman–Crippen LogP) is 1.59. The second kappa shape index (κ2) is 7.64. The number of aromatic nitrogens is 2. The third-order valence-corrected chi connectivity index (χ3v) is 5.99. The number of nitrogens with zero attached hydrogens (tertiary/aromatic N) is 3. The van der Waals surface area contributed by atoms with Crippen LogP contribution in [-0.2, 0) is 0 Å². The number of carbonyl (C=O) groups excluding carboxylic acids is 2. The normalized spacial score (nSPS) is 14.9. The number of nitrogens with one attached hydrogen (secondary N) is 1.